The zero-order valence-corrected chi connectivity index (χ0v) is 12.9. The maximum Gasteiger partial charge on any atom is 0.336 e. The SMILES string of the molecule is O=C(O)c1cc(-c2ccc(O)cc2)nc2ccc(S(=O)(=O)O)cc12. The van der Waals surface area contributed by atoms with E-state index < -0.39 is 21.0 Å². The normalized spacial score (nSPS) is 11.5. The molecular weight excluding hydrogens is 334 g/mol. The van der Waals surface area contributed by atoms with Crippen LogP contribution in [0.5, 0.6) is 5.75 Å². The van der Waals surface area contributed by atoms with Gasteiger partial charge < -0.3 is 10.2 Å². The molecule has 7 nitrogen and oxygen atoms in total. The van der Waals surface area contributed by atoms with Crippen LogP contribution >= 0.6 is 0 Å². The molecule has 0 amide bonds. The van der Waals surface area contributed by atoms with Crippen LogP contribution in [0.15, 0.2) is 53.4 Å². The zero-order valence-electron chi connectivity index (χ0n) is 12.0. The van der Waals surface area contributed by atoms with Crippen molar-refractivity contribution in [3.63, 3.8) is 0 Å². The Morgan fingerprint density at radius 2 is 1.67 bits per heavy atom. The van der Waals surface area contributed by atoms with E-state index in [0.29, 0.717) is 11.3 Å². The van der Waals surface area contributed by atoms with Gasteiger partial charge in [0.25, 0.3) is 10.1 Å². The maximum atomic E-state index is 11.5. The van der Waals surface area contributed by atoms with Crippen LogP contribution in [0.4, 0.5) is 0 Å². The molecule has 1 heterocycles. The lowest BCUT2D eigenvalue weighted by Gasteiger charge is -2.08. The first kappa shape index (κ1) is 15.9. The van der Waals surface area contributed by atoms with Gasteiger partial charge in [0.1, 0.15) is 5.75 Å². The highest BCUT2D eigenvalue weighted by Crippen LogP contribution is 2.27. The maximum absolute atomic E-state index is 11.5. The second-order valence-electron chi connectivity index (χ2n) is 5.06. The topological polar surface area (TPSA) is 125 Å². The number of carbonyl (C=O) groups is 1. The van der Waals surface area contributed by atoms with Crippen molar-refractivity contribution in [3.8, 4) is 17.0 Å². The number of aromatic hydroxyl groups is 1. The molecule has 0 bridgehead atoms. The minimum absolute atomic E-state index is 0.0655. The highest BCUT2D eigenvalue weighted by atomic mass is 32.2. The summed E-state index contributed by atoms with van der Waals surface area (Å²) in [6.45, 7) is 0. The van der Waals surface area contributed by atoms with Gasteiger partial charge in [-0.15, -0.1) is 0 Å². The van der Waals surface area contributed by atoms with E-state index >= 15 is 0 Å². The predicted molar refractivity (Wildman–Crippen MR) is 85.6 cm³/mol. The summed E-state index contributed by atoms with van der Waals surface area (Å²) >= 11 is 0. The van der Waals surface area contributed by atoms with E-state index in [4.69, 9.17) is 4.55 Å². The lowest BCUT2D eigenvalue weighted by Crippen LogP contribution is -2.03. The van der Waals surface area contributed by atoms with E-state index in [1.807, 2.05) is 0 Å². The van der Waals surface area contributed by atoms with E-state index in [0.717, 1.165) is 12.1 Å². The number of phenolic OH excluding ortho intramolecular Hbond substituents is 1. The molecule has 0 saturated heterocycles. The summed E-state index contributed by atoms with van der Waals surface area (Å²) in [7, 11) is -4.45. The zero-order chi connectivity index (χ0) is 17.5. The Hall–Kier alpha value is -2.97. The number of nitrogens with zero attached hydrogens (tertiary/aromatic N) is 1. The second-order valence-corrected chi connectivity index (χ2v) is 6.48. The van der Waals surface area contributed by atoms with Crippen LogP contribution in [0.25, 0.3) is 22.2 Å². The number of hydrogen-bond acceptors (Lipinski definition) is 5. The molecule has 0 spiro atoms. The first-order valence-corrected chi connectivity index (χ1v) is 8.15. The smallest absolute Gasteiger partial charge is 0.336 e. The van der Waals surface area contributed by atoms with Gasteiger partial charge in [-0.25, -0.2) is 9.78 Å². The van der Waals surface area contributed by atoms with Crippen molar-refractivity contribution in [1.82, 2.24) is 4.98 Å². The van der Waals surface area contributed by atoms with Crippen LogP contribution < -0.4 is 0 Å². The van der Waals surface area contributed by atoms with Gasteiger partial charge in [-0.05, 0) is 48.5 Å². The number of carboxylic acids is 1. The Morgan fingerprint density at radius 3 is 2.25 bits per heavy atom. The Bertz CT molecular complexity index is 1060. The van der Waals surface area contributed by atoms with Crippen LogP contribution in [0.1, 0.15) is 10.4 Å². The Kier molecular flexibility index (Phi) is 3.70. The van der Waals surface area contributed by atoms with Gasteiger partial charge in [0.15, 0.2) is 0 Å². The number of rotatable bonds is 3. The van der Waals surface area contributed by atoms with Crippen molar-refractivity contribution < 1.29 is 28.0 Å². The molecule has 0 saturated carbocycles. The van der Waals surface area contributed by atoms with Crippen molar-refractivity contribution in [2.24, 2.45) is 0 Å². The number of hydrogen-bond donors (Lipinski definition) is 3. The van der Waals surface area contributed by atoms with Crippen molar-refractivity contribution in [2.45, 2.75) is 4.90 Å². The molecule has 8 heteroatoms. The molecule has 3 rings (SSSR count). The molecule has 0 radical (unpaired) electrons. The Morgan fingerprint density at radius 1 is 1.00 bits per heavy atom. The fourth-order valence-corrected chi connectivity index (χ4v) is 2.83. The molecule has 0 fully saturated rings. The van der Waals surface area contributed by atoms with Crippen LogP contribution in [-0.2, 0) is 10.1 Å². The highest BCUT2D eigenvalue weighted by Gasteiger charge is 2.17. The lowest BCUT2D eigenvalue weighted by atomic mass is 10.0. The molecule has 1 aromatic heterocycles. The predicted octanol–water partition coefficient (Wildman–Crippen LogP) is 2.55. The molecule has 0 atom stereocenters. The van der Waals surface area contributed by atoms with Crippen LogP contribution in [0.3, 0.4) is 0 Å². The fourth-order valence-electron chi connectivity index (χ4n) is 2.32. The van der Waals surface area contributed by atoms with Gasteiger partial charge in [0.05, 0.1) is 21.7 Å². The van der Waals surface area contributed by atoms with Crippen molar-refractivity contribution in [2.75, 3.05) is 0 Å². The van der Waals surface area contributed by atoms with E-state index in [9.17, 15) is 23.4 Å². The number of aromatic nitrogens is 1. The van der Waals surface area contributed by atoms with Crippen LogP contribution in [-0.4, -0.2) is 34.1 Å². The average Bonchev–Trinajstić information content (AvgIpc) is 2.53. The molecule has 0 unspecified atom stereocenters. The number of fused-ring (bicyclic) bond motifs is 1. The molecule has 3 aromatic rings. The summed E-state index contributed by atoms with van der Waals surface area (Å²) in [6, 6.07) is 10.9. The molecule has 0 aliphatic carbocycles. The number of pyridine rings is 1. The Balaban J connectivity index is 2.29. The summed E-state index contributed by atoms with van der Waals surface area (Å²) in [6.07, 6.45) is 0. The number of phenols is 1. The monoisotopic (exact) mass is 345 g/mol. The fraction of sp³-hybridized carbons (Fsp3) is 0. The summed E-state index contributed by atoms with van der Waals surface area (Å²) < 4.78 is 31.6. The lowest BCUT2D eigenvalue weighted by molar-refractivity contribution is 0.0699. The number of carboxylic acid groups (broad SMARTS) is 1. The van der Waals surface area contributed by atoms with E-state index in [-0.39, 0.29) is 22.2 Å². The molecule has 122 valence electrons. The number of aromatic carboxylic acids is 1. The molecule has 3 N–H and O–H groups in total. The van der Waals surface area contributed by atoms with Gasteiger partial charge in [-0.3, -0.25) is 4.55 Å². The van der Waals surface area contributed by atoms with Gasteiger partial charge in [0, 0.05) is 10.9 Å². The molecule has 0 aliphatic rings. The van der Waals surface area contributed by atoms with Gasteiger partial charge in [0.2, 0.25) is 0 Å². The third-order valence-electron chi connectivity index (χ3n) is 3.47. The molecule has 24 heavy (non-hydrogen) atoms. The summed E-state index contributed by atoms with van der Waals surface area (Å²) in [4.78, 5) is 15.4. The first-order valence-electron chi connectivity index (χ1n) is 6.71. The third kappa shape index (κ3) is 2.92. The molecular formula is C16H11NO6S. The van der Waals surface area contributed by atoms with Gasteiger partial charge in [-0.2, -0.15) is 8.42 Å². The van der Waals surface area contributed by atoms with Crippen LogP contribution in [0, 0.1) is 0 Å². The highest BCUT2D eigenvalue weighted by molar-refractivity contribution is 7.85. The standard InChI is InChI=1S/C16H11NO6S/c18-10-3-1-9(2-4-10)15-8-13(16(19)20)12-7-11(24(21,22)23)5-6-14(12)17-15/h1-8,18H,(H,19,20)(H,21,22,23). The van der Waals surface area contributed by atoms with E-state index in [1.165, 1.54) is 24.3 Å². The molecule has 2 aromatic carbocycles. The van der Waals surface area contributed by atoms with Gasteiger partial charge >= 0.3 is 5.97 Å². The molecule has 0 aliphatic heterocycles. The summed E-state index contributed by atoms with van der Waals surface area (Å²) in [5.41, 5.74) is 1.08. The second kappa shape index (κ2) is 5.59. The van der Waals surface area contributed by atoms with Crippen LogP contribution in [0.2, 0.25) is 0 Å². The summed E-state index contributed by atoms with van der Waals surface area (Å²) in [5.74, 6) is -1.19. The van der Waals surface area contributed by atoms with Crippen molar-refractivity contribution >= 4 is 27.0 Å². The minimum atomic E-state index is -4.45. The third-order valence-corrected chi connectivity index (χ3v) is 4.32. The average molecular weight is 345 g/mol. The minimum Gasteiger partial charge on any atom is -0.508 e. The quantitative estimate of drug-likeness (QED) is 0.623. The largest absolute Gasteiger partial charge is 0.508 e. The van der Waals surface area contributed by atoms with Crippen molar-refractivity contribution in [3.05, 3.63) is 54.1 Å². The summed E-state index contributed by atoms with van der Waals surface area (Å²) in [5, 5.41) is 18.8. The number of benzene rings is 2. The van der Waals surface area contributed by atoms with Gasteiger partial charge in [-0.1, -0.05) is 0 Å². The first-order chi connectivity index (χ1) is 11.3. The van der Waals surface area contributed by atoms with Crippen molar-refractivity contribution in [1.29, 1.82) is 0 Å². The van der Waals surface area contributed by atoms with E-state index in [1.54, 1.807) is 12.1 Å². The van der Waals surface area contributed by atoms with E-state index in [2.05, 4.69) is 4.98 Å². The Labute approximate surface area is 136 Å².